The van der Waals surface area contributed by atoms with Crippen molar-refractivity contribution >= 4 is 23.1 Å². The predicted molar refractivity (Wildman–Crippen MR) is 126 cm³/mol. The molecule has 1 atom stereocenters. The number of amides is 2. The van der Waals surface area contributed by atoms with Crippen LogP contribution in [0.1, 0.15) is 55.5 Å². The Hall–Kier alpha value is -3.50. The molecule has 2 aromatic rings. The Morgan fingerprint density at radius 3 is 2.47 bits per heavy atom. The van der Waals surface area contributed by atoms with Gasteiger partial charge in [0.2, 0.25) is 11.6 Å². The van der Waals surface area contributed by atoms with E-state index in [1.54, 1.807) is 30.0 Å². The van der Waals surface area contributed by atoms with E-state index in [1.807, 2.05) is 13.8 Å². The fourth-order valence-corrected chi connectivity index (χ4v) is 4.05. The van der Waals surface area contributed by atoms with Gasteiger partial charge in [-0.2, -0.15) is 13.2 Å². The summed E-state index contributed by atoms with van der Waals surface area (Å²) in [6.07, 6.45) is -3.00. The quantitative estimate of drug-likeness (QED) is 0.445. The number of carbonyl (C=O) groups excluding carboxylic acids is 2. The van der Waals surface area contributed by atoms with E-state index < -0.39 is 31.0 Å². The van der Waals surface area contributed by atoms with E-state index in [0.717, 1.165) is 5.57 Å². The van der Waals surface area contributed by atoms with E-state index in [-0.39, 0.29) is 43.0 Å². The molecule has 0 radical (unpaired) electrons. The lowest BCUT2D eigenvalue weighted by Gasteiger charge is -2.39. The van der Waals surface area contributed by atoms with Gasteiger partial charge in [-0.05, 0) is 37.1 Å². The molecule has 11 heteroatoms. The van der Waals surface area contributed by atoms with Crippen LogP contribution in [0.5, 0.6) is 0 Å². The van der Waals surface area contributed by atoms with E-state index in [2.05, 4.69) is 9.97 Å². The smallest absolute Gasteiger partial charge is 0.336 e. The highest BCUT2D eigenvalue weighted by atomic mass is 19.4. The fraction of sp³-hybridized carbons (Fsp3) is 0.440. The molecule has 1 aliphatic heterocycles. The number of allylic oxidation sites excluding steroid dienone is 2. The summed E-state index contributed by atoms with van der Waals surface area (Å²) < 4.78 is 50.6. The standard InChI is InChI=1S/C25H29F4N5O2/c1-15(2)19(12-20(30)17-4-6-18(26)7-5-17)23-31-13-21(32-23)24(36)33-10-11-34(16(3)14-33)22(35)8-9-25(27,28)29/h4-7,12-13,15-16,30H,8-11,14H2,1-3H3,(H,31,32)/p+1/b19-12-,30-20?/t16-/m0/s1. The average Bonchev–Trinajstić information content (AvgIpc) is 3.30. The van der Waals surface area contributed by atoms with Crippen LogP contribution in [0.2, 0.25) is 0 Å². The lowest BCUT2D eigenvalue weighted by molar-refractivity contribution is -0.151. The number of nitrogens with one attached hydrogen (secondary N) is 1. The number of aromatic amines is 1. The molecule has 0 spiro atoms. The Labute approximate surface area is 206 Å². The number of piperazine rings is 1. The molecule has 1 aromatic carbocycles. The number of rotatable bonds is 7. The van der Waals surface area contributed by atoms with Crippen molar-refractivity contribution in [1.82, 2.24) is 19.8 Å². The van der Waals surface area contributed by atoms with E-state index in [4.69, 9.17) is 5.41 Å². The maximum absolute atomic E-state index is 13.2. The van der Waals surface area contributed by atoms with Crippen molar-refractivity contribution in [2.75, 3.05) is 19.6 Å². The van der Waals surface area contributed by atoms with Crippen LogP contribution >= 0.6 is 0 Å². The normalized spacial score (nSPS) is 17.0. The predicted octanol–water partition coefficient (Wildman–Crippen LogP) is 2.85. The highest BCUT2D eigenvalue weighted by molar-refractivity contribution is 6.08. The van der Waals surface area contributed by atoms with Crippen molar-refractivity contribution in [1.29, 1.82) is 0 Å². The number of nitrogens with zero attached hydrogens (tertiary/aromatic N) is 3. The maximum Gasteiger partial charge on any atom is 0.389 e. The Kier molecular flexibility index (Phi) is 8.31. The van der Waals surface area contributed by atoms with Crippen molar-refractivity contribution in [2.45, 2.75) is 45.8 Å². The van der Waals surface area contributed by atoms with Gasteiger partial charge in [-0.3, -0.25) is 15.0 Å². The van der Waals surface area contributed by atoms with Crippen LogP contribution in [-0.4, -0.2) is 69.1 Å². The van der Waals surface area contributed by atoms with Gasteiger partial charge in [0, 0.05) is 49.3 Å². The number of benzene rings is 1. The van der Waals surface area contributed by atoms with Crippen LogP contribution in [0.15, 0.2) is 36.5 Å². The number of alkyl halides is 3. The van der Waals surface area contributed by atoms with Gasteiger partial charge >= 0.3 is 6.18 Å². The van der Waals surface area contributed by atoms with E-state index in [9.17, 15) is 27.2 Å². The fourth-order valence-electron chi connectivity index (χ4n) is 4.05. The molecule has 7 nitrogen and oxygen atoms in total. The molecule has 0 aliphatic carbocycles. The van der Waals surface area contributed by atoms with Crippen LogP contribution < -0.4 is 5.41 Å². The molecule has 1 aliphatic rings. The molecule has 0 saturated carbocycles. The number of imidazole rings is 1. The molecule has 0 bridgehead atoms. The van der Waals surface area contributed by atoms with Gasteiger partial charge < -0.3 is 14.8 Å². The van der Waals surface area contributed by atoms with Gasteiger partial charge in [0.15, 0.2) is 0 Å². The molecule has 194 valence electrons. The average molecular weight is 509 g/mol. The molecule has 3 N–H and O–H groups in total. The highest BCUT2D eigenvalue weighted by Crippen LogP contribution is 2.24. The summed E-state index contributed by atoms with van der Waals surface area (Å²) in [5.74, 6) is -0.787. The second-order valence-electron chi connectivity index (χ2n) is 9.16. The first-order valence-corrected chi connectivity index (χ1v) is 11.7. The number of hydrogen-bond donors (Lipinski definition) is 2. The zero-order valence-corrected chi connectivity index (χ0v) is 20.4. The van der Waals surface area contributed by atoms with Gasteiger partial charge in [0.1, 0.15) is 17.3 Å². The molecule has 0 unspecified atom stereocenters. The summed E-state index contributed by atoms with van der Waals surface area (Å²) in [5, 5.41) is 6.21. The number of aromatic nitrogens is 2. The molecule has 2 heterocycles. The second-order valence-corrected chi connectivity index (χ2v) is 9.16. The monoisotopic (exact) mass is 508 g/mol. The largest absolute Gasteiger partial charge is 0.389 e. The summed E-state index contributed by atoms with van der Waals surface area (Å²) >= 11 is 0. The van der Waals surface area contributed by atoms with Crippen molar-refractivity contribution in [3.63, 3.8) is 0 Å². The highest BCUT2D eigenvalue weighted by Gasteiger charge is 2.34. The van der Waals surface area contributed by atoms with Gasteiger partial charge in [-0.25, -0.2) is 9.37 Å². The third kappa shape index (κ3) is 6.79. The minimum Gasteiger partial charge on any atom is -0.336 e. The second kappa shape index (κ2) is 11.0. The number of halogens is 4. The summed E-state index contributed by atoms with van der Waals surface area (Å²) in [5.41, 5.74) is 2.07. The molecule has 36 heavy (non-hydrogen) atoms. The van der Waals surface area contributed by atoms with E-state index >= 15 is 0 Å². The van der Waals surface area contributed by atoms with E-state index in [1.165, 1.54) is 23.2 Å². The first-order chi connectivity index (χ1) is 16.9. The summed E-state index contributed by atoms with van der Waals surface area (Å²) in [7, 11) is 0. The van der Waals surface area contributed by atoms with Gasteiger partial charge in [0.25, 0.3) is 5.91 Å². The van der Waals surface area contributed by atoms with Crippen molar-refractivity contribution in [3.8, 4) is 0 Å². The van der Waals surface area contributed by atoms with Crippen molar-refractivity contribution < 1.29 is 32.6 Å². The van der Waals surface area contributed by atoms with Crippen LogP contribution in [0.4, 0.5) is 17.6 Å². The van der Waals surface area contributed by atoms with Gasteiger partial charge in [-0.1, -0.05) is 13.8 Å². The van der Waals surface area contributed by atoms with Crippen LogP contribution in [0.25, 0.3) is 5.57 Å². The Morgan fingerprint density at radius 2 is 1.89 bits per heavy atom. The Morgan fingerprint density at radius 1 is 1.22 bits per heavy atom. The molecule has 1 fully saturated rings. The van der Waals surface area contributed by atoms with E-state index in [0.29, 0.717) is 17.1 Å². The molecular weight excluding hydrogens is 478 g/mol. The number of carbonyl (C=O) groups is 2. The van der Waals surface area contributed by atoms with Crippen LogP contribution in [-0.2, 0) is 4.79 Å². The van der Waals surface area contributed by atoms with Crippen LogP contribution in [0.3, 0.4) is 0 Å². The van der Waals surface area contributed by atoms with Crippen molar-refractivity contribution in [3.05, 3.63) is 59.4 Å². The summed E-state index contributed by atoms with van der Waals surface area (Å²) in [4.78, 5) is 35.6. The lowest BCUT2D eigenvalue weighted by atomic mass is 9.98. The molecule has 1 aromatic heterocycles. The summed E-state index contributed by atoms with van der Waals surface area (Å²) in [6, 6.07) is 5.37. The third-order valence-electron chi connectivity index (χ3n) is 6.05. The number of hydrogen-bond acceptors (Lipinski definition) is 3. The Balaban J connectivity index is 1.69. The zero-order chi connectivity index (χ0) is 26.6. The topological polar surface area (TPSA) is 94.9 Å². The minimum absolute atomic E-state index is 0.00405. The van der Waals surface area contributed by atoms with Gasteiger partial charge in [0.05, 0.1) is 12.6 Å². The first kappa shape index (κ1) is 27.1. The molecular formula is C25H30F4N5O2+. The van der Waals surface area contributed by atoms with Gasteiger partial charge in [-0.15, -0.1) is 0 Å². The third-order valence-corrected chi connectivity index (χ3v) is 6.05. The van der Waals surface area contributed by atoms with Crippen molar-refractivity contribution in [2.24, 2.45) is 5.92 Å². The zero-order valence-electron chi connectivity index (χ0n) is 20.4. The van der Waals surface area contributed by atoms with Crippen LogP contribution in [0, 0.1) is 11.7 Å². The Bertz CT molecular complexity index is 1140. The number of nitrogens with two attached hydrogens (primary N) is 1. The SMILES string of the molecule is CC(C)/C(=C/C(=[NH2+])c1ccc(F)cc1)c1ncc(C(=O)N2CCN(C(=O)CCC(F)(F)F)[C@@H](C)C2)[nH]1. The maximum atomic E-state index is 13.2. The molecule has 2 amide bonds. The molecule has 3 rings (SSSR count). The molecule has 1 saturated heterocycles. The minimum atomic E-state index is -4.39. The lowest BCUT2D eigenvalue weighted by Crippen LogP contribution is -2.55. The summed E-state index contributed by atoms with van der Waals surface area (Å²) in [6.45, 7) is 6.16. The first-order valence-electron chi connectivity index (χ1n) is 11.7. The number of H-pyrrole nitrogens is 1.